The van der Waals surface area contributed by atoms with Crippen molar-refractivity contribution >= 4 is 17.9 Å². The van der Waals surface area contributed by atoms with Crippen LogP contribution in [0.5, 0.6) is 11.5 Å². The Balaban J connectivity index is 1.97. The molecule has 1 aliphatic rings. The van der Waals surface area contributed by atoms with Crippen LogP contribution in [0.15, 0.2) is 47.1 Å². The Morgan fingerprint density at radius 3 is 2.28 bits per heavy atom. The van der Waals surface area contributed by atoms with E-state index in [-0.39, 0.29) is 17.2 Å². The number of rotatable bonds is 4. The van der Waals surface area contributed by atoms with Crippen molar-refractivity contribution in [3.63, 3.8) is 0 Å². The van der Waals surface area contributed by atoms with E-state index in [9.17, 15) is 13.6 Å². The van der Waals surface area contributed by atoms with Gasteiger partial charge in [0.15, 0.2) is 17.3 Å². The maximum atomic E-state index is 13.3. The summed E-state index contributed by atoms with van der Waals surface area (Å²) in [6, 6.07) is 8.20. The Kier molecular flexibility index (Phi) is 4.47. The molecule has 0 aliphatic carbocycles. The van der Waals surface area contributed by atoms with Crippen LogP contribution in [0.4, 0.5) is 8.78 Å². The van der Waals surface area contributed by atoms with Crippen molar-refractivity contribution in [1.82, 2.24) is 0 Å². The molecule has 3 rings (SSSR count). The van der Waals surface area contributed by atoms with E-state index in [4.69, 9.17) is 14.2 Å². The van der Waals surface area contributed by atoms with Gasteiger partial charge in [0.2, 0.25) is 5.90 Å². The van der Waals surface area contributed by atoms with Gasteiger partial charge in [-0.25, -0.2) is 18.6 Å². The molecule has 0 unspecified atom stereocenters. The Labute approximate surface area is 142 Å². The van der Waals surface area contributed by atoms with Crippen LogP contribution in [0.3, 0.4) is 0 Å². The number of hydrogen-bond acceptors (Lipinski definition) is 5. The van der Waals surface area contributed by atoms with Crippen molar-refractivity contribution in [3.05, 3.63) is 64.9 Å². The zero-order chi connectivity index (χ0) is 18.0. The van der Waals surface area contributed by atoms with Crippen LogP contribution in [0.25, 0.3) is 6.08 Å². The van der Waals surface area contributed by atoms with Gasteiger partial charge >= 0.3 is 5.97 Å². The SMILES string of the molecule is COc1cc(/C=C2/N=C(c3ccc(F)c(F)c3)OC2=O)cc(OC)c1. The normalized spacial score (nSPS) is 15.1. The molecule has 25 heavy (non-hydrogen) atoms. The first-order valence-electron chi connectivity index (χ1n) is 7.21. The van der Waals surface area contributed by atoms with Crippen molar-refractivity contribution < 1.29 is 27.8 Å². The minimum absolute atomic E-state index is 0.0232. The molecule has 0 amide bonds. The maximum Gasteiger partial charge on any atom is 0.363 e. The molecule has 5 nitrogen and oxygen atoms in total. The molecule has 2 aromatic rings. The van der Waals surface area contributed by atoms with Crippen LogP contribution < -0.4 is 9.47 Å². The lowest BCUT2D eigenvalue weighted by atomic mass is 10.1. The third kappa shape index (κ3) is 3.50. The Hall–Kier alpha value is -3.22. The van der Waals surface area contributed by atoms with Gasteiger partial charge in [0, 0.05) is 11.6 Å². The van der Waals surface area contributed by atoms with E-state index in [2.05, 4.69) is 4.99 Å². The van der Waals surface area contributed by atoms with Crippen LogP contribution in [0.2, 0.25) is 0 Å². The summed E-state index contributed by atoms with van der Waals surface area (Å²) >= 11 is 0. The summed E-state index contributed by atoms with van der Waals surface area (Å²) in [4.78, 5) is 16.0. The Bertz CT molecular complexity index is 884. The van der Waals surface area contributed by atoms with E-state index >= 15 is 0 Å². The molecular weight excluding hydrogens is 332 g/mol. The van der Waals surface area contributed by atoms with Crippen molar-refractivity contribution in [2.45, 2.75) is 0 Å². The summed E-state index contributed by atoms with van der Waals surface area (Å²) in [5.74, 6) is -1.74. The van der Waals surface area contributed by atoms with Gasteiger partial charge in [0.05, 0.1) is 14.2 Å². The van der Waals surface area contributed by atoms with Crippen molar-refractivity contribution in [2.24, 2.45) is 4.99 Å². The van der Waals surface area contributed by atoms with Gasteiger partial charge in [-0.05, 0) is 42.0 Å². The van der Waals surface area contributed by atoms with E-state index in [1.165, 1.54) is 26.4 Å². The standard InChI is InChI=1S/C18H13F2NO4/c1-23-12-5-10(6-13(9-12)24-2)7-16-18(22)25-17(21-16)11-3-4-14(19)15(20)8-11/h3-9H,1-2H3/b16-7+. The Morgan fingerprint density at radius 2 is 1.68 bits per heavy atom. The second-order valence-electron chi connectivity index (χ2n) is 5.11. The molecule has 0 spiro atoms. The number of carbonyl (C=O) groups is 1. The second kappa shape index (κ2) is 6.72. The van der Waals surface area contributed by atoms with E-state index < -0.39 is 17.6 Å². The van der Waals surface area contributed by atoms with Gasteiger partial charge in [-0.3, -0.25) is 0 Å². The summed E-state index contributed by atoms with van der Waals surface area (Å²) in [6.45, 7) is 0. The predicted molar refractivity (Wildman–Crippen MR) is 86.5 cm³/mol. The van der Waals surface area contributed by atoms with Gasteiger partial charge < -0.3 is 14.2 Å². The lowest BCUT2D eigenvalue weighted by Gasteiger charge is -2.05. The number of methoxy groups -OCH3 is 2. The lowest BCUT2D eigenvalue weighted by molar-refractivity contribution is -0.129. The third-order valence-corrected chi connectivity index (χ3v) is 3.46. The first kappa shape index (κ1) is 16.6. The molecule has 0 saturated heterocycles. The Morgan fingerprint density at radius 1 is 1.00 bits per heavy atom. The summed E-state index contributed by atoms with van der Waals surface area (Å²) in [6.07, 6.45) is 1.49. The minimum atomic E-state index is -1.05. The van der Waals surface area contributed by atoms with Crippen LogP contribution in [0.1, 0.15) is 11.1 Å². The maximum absolute atomic E-state index is 13.3. The van der Waals surface area contributed by atoms with Crippen LogP contribution in [-0.4, -0.2) is 26.1 Å². The fourth-order valence-corrected chi connectivity index (χ4v) is 2.23. The van der Waals surface area contributed by atoms with Gasteiger partial charge in [-0.2, -0.15) is 0 Å². The summed E-state index contributed by atoms with van der Waals surface area (Å²) < 4.78 is 41.7. The average molecular weight is 345 g/mol. The van der Waals surface area contributed by atoms with Crippen LogP contribution in [-0.2, 0) is 9.53 Å². The second-order valence-corrected chi connectivity index (χ2v) is 5.11. The number of carbonyl (C=O) groups excluding carboxylic acids is 1. The number of aliphatic imine (C=N–C) groups is 1. The van der Waals surface area contributed by atoms with E-state index in [0.717, 1.165) is 12.1 Å². The number of cyclic esters (lactones) is 1. The molecule has 0 atom stereocenters. The minimum Gasteiger partial charge on any atom is -0.497 e. The van der Waals surface area contributed by atoms with Gasteiger partial charge in [-0.15, -0.1) is 0 Å². The largest absolute Gasteiger partial charge is 0.497 e. The van der Waals surface area contributed by atoms with Crippen molar-refractivity contribution in [2.75, 3.05) is 14.2 Å². The third-order valence-electron chi connectivity index (χ3n) is 3.46. The van der Waals surface area contributed by atoms with Gasteiger partial charge in [-0.1, -0.05) is 0 Å². The summed E-state index contributed by atoms with van der Waals surface area (Å²) in [5, 5.41) is 0. The van der Waals surface area contributed by atoms with E-state index in [1.807, 2.05) is 0 Å². The molecule has 0 fully saturated rings. The first-order chi connectivity index (χ1) is 12.0. The van der Waals surface area contributed by atoms with E-state index in [0.29, 0.717) is 17.1 Å². The van der Waals surface area contributed by atoms with Crippen LogP contribution in [0, 0.1) is 11.6 Å². The molecule has 0 saturated carbocycles. The predicted octanol–water partition coefficient (Wildman–Crippen LogP) is 3.33. The van der Waals surface area contributed by atoms with Gasteiger partial charge in [0.1, 0.15) is 11.5 Å². The zero-order valence-corrected chi connectivity index (χ0v) is 13.4. The van der Waals surface area contributed by atoms with Gasteiger partial charge in [0.25, 0.3) is 0 Å². The highest BCUT2D eigenvalue weighted by atomic mass is 19.2. The molecule has 7 heteroatoms. The molecule has 0 radical (unpaired) electrons. The highest BCUT2D eigenvalue weighted by Crippen LogP contribution is 2.26. The van der Waals surface area contributed by atoms with Crippen molar-refractivity contribution in [3.8, 4) is 11.5 Å². The average Bonchev–Trinajstić information content (AvgIpc) is 2.97. The summed E-state index contributed by atoms with van der Waals surface area (Å²) in [5.41, 5.74) is 0.798. The molecule has 2 aromatic carbocycles. The number of benzene rings is 2. The lowest BCUT2D eigenvalue weighted by Crippen LogP contribution is -2.06. The van der Waals surface area contributed by atoms with Crippen molar-refractivity contribution in [1.29, 1.82) is 0 Å². The zero-order valence-electron chi connectivity index (χ0n) is 13.4. The number of nitrogens with zero attached hydrogens (tertiary/aromatic N) is 1. The molecular formula is C18H13F2NO4. The molecule has 128 valence electrons. The topological polar surface area (TPSA) is 57.1 Å². The molecule has 1 aliphatic heterocycles. The monoisotopic (exact) mass is 345 g/mol. The van der Waals surface area contributed by atoms with E-state index in [1.54, 1.807) is 18.2 Å². The fourth-order valence-electron chi connectivity index (χ4n) is 2.23. The molecule has 0 N–H and O–H groups in total. The fraction of sp³-hybridized carbons (Fsp3) is 0.111. The highest BCUT2D eigenvalue weighted by molar-refractivity contribution is 6.12. The molecule has 1 heterocycles. The molecule has 0 aromatic heterocycles. The molecule has 0 bridgehead atoms. The smallest absolute Gasteiger partial charge is 0.363 e. The summed E-state index contributed by atoms with van der Waals surface area (Å²) in [7, 11) is 3.02. The quantitative estimate of drug-likeness (QED) is 0.630. The number of ether oxygens (including phenoxy) is 3. The number of halogens is 2. The highest BCUT2D eigenvalue weighted by Gasteiger charge is 2.25. The number of esters is 1. The van der Waals surface area contributed by atoms with Crippen LogP contribution >= 0.6 is 0 Å². The number of hydrogen-bond donors (Lipinski definition) is 0. The first-order valence-corrected chi connectivity index (χ1v) is 7.21.